The monoisotopic (exact) mass is 848 g/mol. The molecule has 0 saturated carbocycles. The first-order chi connectivity index (χ1) is 27.0. The topological polar surface area (TPSA) is 99.1 Å². The fraction of sp³-hybridized carbons (Fsp3) is 0.122. The Balaban J connectivity index is 0. The van der Waals surface area contributed by atoms with E-state index in [0.29, 0.717) is 30.4 Å². The molecule has 0 aliphatic heterocycles. The van der Waals surface area contributed by atoms with Gasteiger partial charge in [0.15, 0.2) is 0 Å². The van der Waals surface area contributed by atoms with E-state index < -0.39 is 0 Å². The minimum Gasteiger partial charge on any atom is -1.00 e. The zero-order valence-corrected chi connectivity index (χ0v) is 41.2. The third-order valence-electron chi connectivity index (χ3n) is 7.37. The van der Waals surface area contributed by atoms with Crippen LogP contribution in [0.25, 0.3) is 33.4 Å². The molecule has 292 valence electrons. The Labute approximate surface area is 436 Å². The summed E-state index contributed by atoms with van der Waals surface area (Å²) in [5.41, 5.74) is 11.0. The largest absolute Gasteiger partial charge is 1.00 e. The summed E-state index contributed by atoms with van der Waals surface area (Å²) in [6.07, 6.45) is 0.715. The second kappa shape index (κ2) is 32.7. The van der Waals surface area contributed by atoms with Crippen molar-refractivity contribution in [3.05, 3.63) is 200 Å². The van der Waals surface area contributed by atoms with Crippen molar-refractivity contribution in [1.82, 2.24) is 0 Å². The van der Waals surface area contributed by atoms with Crippen molar-refractivity contribution in [2.24, 2.45) is 0 Å². The number of halogens is 1. The summed E-state index contributed by atoms with van der Waals surface area (Å²) >= 11 is 5.24. The minimum absolute atomic E-state index is 0. The summed E-state index contributed by atoms with van der Waals surface area (Å²) in [4.78, 5) is 11.2. The van der Waals surface area contributed by atoms with Crippen molar-refractivity contribution in [3.63, 3.8) is 0 Å². The molecule has 0 aliphatic rings. The predicted molar refractivity (Wildman–Crippen MR) is 232 cm³/mol. The van der Waals surface area contributed by atoms with Crippen molar-refractivity contribution in [2.75, 3.05) is 12.5 Å². The molecule has 0 fully saturated rings. The van der Waals surface area contributed by atoms with Crippen LogP contribution in [0, 0.1) is 0 Å². The van der Waals surface area contributed by atoms with Crippen LogP contribution in [0.2, 0.25) is 0 Å². The van der Waals surface area contributed by atoms with Crippen LogP contribution in [0.1, 0.15) is 27.8 Å². The molecule has 0 bridgehead atoms. The number of allylic oxidation sites excluding steroid dienone is 2. The molecule has 6 nitrogen and oxygen atoms in total. The van der Waals surface area contributed by atoms with E-state index in [1.807, 2.05) is 124 Å². The van der Waals surface area contributed by atoms with Gasteiger partial charge in [-0.25, -0.2) is 0 Å². The molecule has 0 aromatic heterocycles. The Bertz CT molecular complexity index is 2050. The van der Waals surface area contributed by atoms with E-state index in [4.69, 9.17) is 31.5 Å². The second-order valence-electron chi connectivity index (χ2n) is 12.7. The number of phenolic OH excluding ortho intramolecular Hbond substituents is 2. The number of alkyl halides is 1. The number of ether oxygens (including phenoxy) is 1. The van der Waals surface area contributed by atoms with Crippen LogP contribution in [0.3, 0.4) is 0 Å². The third kappa shape index (κ3) is 23.5. The van der Waals surface area contributed by atoms with E-state index in [1.165, 1.54) is 16.7 Å². The third-order valence-corrected chi connectivity index (χ3v) is 7.82. The molecular formula is C49H51ClK2O6. The molecule has 0 unspecified atom stereocenters. The van der Waals surface area contributed by atoms with Crippen LogP contribution in [-0.4, -0.2) is 29.2 Å². The predicted octanol–water partition coefficient (Wildman–Crippen LogP) is 5.90. The molecule has 6 aromatic rings. The molecule has 0 heterocycles. The van der Waals surface area contributed by atoms with E-state index >= 15 is 0 Å². The molecule has 2 N–H and O–H groups in total. The standard InChI is InChI=1S/2C16H16O.C12H10O.C4H7Cl.CH2O3.2K.H/c1-13(2)12-17-16-10-8-15(9-11-16)14-6-4-3-5-7-14;1-12(2)10-15-11-14(8-9-16(15)17)13-6-4-3-5-7-13;13-12-8-6-11(7-9-12)10-4-2-1-3-5-10;1-4(2)3-5;2-1-4-3;;;/h3-11H,1,12H2,2H3;3-9,11,17H,1,10H2,2H3;1-9,13H;1,3H2,2H3;1,3H;;;/q;;;;;2*+1;-1/p-1. The van der Waals surface area contributed by atoms with Crippen molar-refractivity contribution < 1.29 is 134 Å². The summed E-state index contributed by atoms with van der Waals surface area (Å²) in [7, 11) is 0. The Kier molecular flexibility index (Phi) is 31.0. The van der Waals surface area contributed by atoms with Gasteiger partial charge in [0.1, 0.15) is 23.9 Å². The molecule has 6 aromatic carbocycles. The fourth-order valence-corrected chi connectivity index (χ4v) is 4.73. The first-order valence-electron chi connectivity index (χ1n) is 17.7. The van der Waals surface area contributed by atoms with Crippen LogP contribution in [0.5, 0.6) is 17.2 Å². The van der Waals surface area contributed by atoms with Crippen LogP contribution in [-0.2, 0) is 16.1 Å². The number of benzene rings is 6. The van der Waals surface area contributed by atoms with Crippen molar-refractivity contribution in [1.29, 1.82) is 0 Å². The number of rotatable bonds is 10. The van der Waals surface area contributed by atoms with Crippen molar-refractivity contribution in [2.45, 2.75) is 27.2 Å². The average molecular weight is 850 g/mol. The maximum absolute atomic E-state index is 9.79. The molecule has 58 heavy (non-hydrogen) atoms. The fourth-order valence-electron chi connectivity index (χ4n) is 4.73. The van der Waals surface area contributed by atoms with Gasteiger partial charge in [0.05, 0.1) is 0 Å². The van der Waals surface area contributed by atoms with Crippen molar-refractivity contribution in [3.8, 4) is 50.6 Å². The zero-order valence-electron chi connectivity index (χ0n) is 35.2. The van der Waals surface area contributed by atoms with Gasteiger partial charge in [0, 0.05) is 5.88 Å². The van der Waals surface area contributed by atoms with E-state index in [9.17, 15) is 5.11 Å². The van der Waals surface area contributed by atoms with E-state index in [0.717, 1.165) is 44.7 Å². The second-order valence-corrected chi connectivity index (χ2v) is 12.9. The number of phenols is 2. The molecule has 0 atom stereocenters. The minimum atomic E-state index is -0.181. The maximum Gasteiger partial charge on any atom is 1.00 e. The van der Waals surface area contributed by atoms with E-state index in [1.54, 1.807) is 18.2 Å². The van der Waals surface area contributed by atoms with Gasteiger partial charge in [0.2, 0.25) is 0 Å². The molecule has 0 amide bonds. The van der Waals surface area contributed by atoms with Crippen LogP contribution >= 0.6 is 11.6 Å². The van der Waals surface area contributed by atoms with Crippen molar-refractivity contribution >= 4 is 18.1 Å². The molecule has 0 aliphatic carbocycles. The SMILES string of the molecule is C=C(C)CCl.C=C(C)COc1ccc(-c2ccccc2)cc1.C=C(C)Cc1cc(-c2ccccc2)ccc1O.O=CO[O-].Oc1ccc(-c2ccccc2)cc1.[H-].[K+].[K+]. The summed E-state index contributed by atoms with van der Waals surface area (Å²) in [5, 5.41) is 27.3. The van der Waals surface area contributed by atoms with E-state index in [-0.39, 0.29) is 111 Å². The molecule has 0 radical (unpaired) electrons. The smallest absolute Gasteiger partial charge is 1.00 e. The Morgan fingerprint density at radius 1 is 0.603 bits per heavy atom. The van der Waals surface area contributed by atoms with E-state index in [2.05, 4.69) is 61.0 Å². The van der Waals surface area contributed by atoms with Crippen LogP contribution in [0.4, 0.5) is 0 Å². The normalized spacial score (nSPS) is 9.12. The van der Waals surface area contributed by atoms with Crippen LogP contribution < -0.4 is 113 Å². The quantitative estimate of drug-likeness (QED) is 0.0445. The first kappa shape index (κ1) is 54.9. The number of hydrogen-bond acceptors (Lipinski definition) is 6. The average Bonchev–Trinajstić information content (AvgIpc) is 3.23. The van der Waals surface area contributed by atoms with Gasteiger partial charge >= 0.3 is 103 Å². The number of aromatic hydroxyl groups is 2. The summed E-state index contributed by atoms with van der Waals surface area (Å²) in [5.74, 6) is 2.11. The molecular weight excluding hydrogens is 798 g/mol. The molecule has 6 rings (SSSR count). The first-order valence-corrected chi connectivity index (χ1v) is 18.2. The van der Waals surface area contributed by atoms with Gasteiger partial charge in [-0.05, 0) is 108 Å². The van der Waals surface area contributed by atoms with Crippen LogP contribution in [0.15, 0.2) is 194 Å². The zero-order chi connectivity index (χ0) is 41.1. The number of carbonyl (C=O) groups excluding carboxylic acids is 1. The van der Waals surface area contributed by atoms with Gasteiger partial charge in [-0.15, -0.1) is 11.6 Å². The Hall–Kier alpha value is -3.07. The summed E-state index contributed by atoms with van der Waals surface area (Å²) in [6.45, 7) is 17.4. The summed E-state index contributed by atoms with van der Waals surface area (Å²) < 4.78 is 5.56. The Morgan fingerprint density at radius 3 is 1.33 bits per heavy atom. The number of hydrogen-bond donors (Lipinski definition) is 2. The molecule has 9 heteroatoms. The van der Waals surface area contributed by atoms with Gasteiger partial charge in [-0.1, -0.05) is 152 Å². The summed E-state index contributed by atoms with van der Waals surface area (Å²) in [6, 6.07) is 51.6. The molecule has 0 saturated heterocycles. The number of carbonyl (C=O) groups is 1. The maximum atomic E-state index is 9.79. The van der Waals surface area contributed by atoms with Gasteiger partial charge < -0.3 is 26.5 Å². The van der Waals surface area contributed by atoms with Gasteiger partial charge in [-0.2, -0.15) is 0 Å². The Morgan fingerprint density at radius 2 is 0.966 bits per heavy atom. The van der Waals surface area contributed by atoms with Gasteiger partial charge in [-0.3, -0.25) is 4.79 Å². The van der Waals surface area contributed by atoms with Gasteiger partial charge in [0.25, 0.3) is 6.47 Å². The molecule has 0 spiro atoms.